The molecule has 1 fully saturated rings. The average molecular weight is 445 g/mol. The number of nitrogens with zero attached hydrogens (tertiary/aromatic N) is 2. The molecule has 0 aromatic heterocycles. The maximum atomic E-state index is 12.6. The predicted molar refractivity (Wildman–Crippen MR) is 114 cm³/mol. The van der Waals surface area contributed by atoms with Crippen molar-refractivity contribution in [3.63, 3.8) is 0 Å². The van der Waals surface area contributed by atoms with Gasteiger partial charge in [0.15, 0.2) is 0 Å². The zero-order valence-corrected chi connectivity index (χ0v) is 18.8. The minimum absolute atomic E-state index is 0.0458. The van der Waals surface area contributed by atoms with Crippen molar-refractivity contribution in [2.24, 2.45) is 0 Å². The van der Waals surface area contributed by atoms with Crippen molar-refractivity contribution in [3.8, 4) is 5.75 Å². The van der Waals surface area contributed by atoms with E-state index in [4.69, 9.17) is 9.47 Å². The van der Waals surface area contributed by atoms with Crippen LogP contribution in [-0.2, 0) is 10.9 Å². The first-order valence-corrected chi connectivity index (χ1v) is 11.2. The monoisotopic (exact) mass is 444 g/mol. The summed E-state index contributed by atoms with van der Waals surface area (Å²) in [7, 11) is 1.67. The lowest BCUT2D eigenvalue weighted by molar-refractivity contribution is -0.137. The number of rotatable bonds is 10. The van der Waals surface area contributed by atoms with Crippen LogP contribution in [0.5, 0.6) is 5.75 Å². The van der Waals surface area contributed by atoms with Crippen molar-refractivity contribution >= 4 is 6.09 Å². The summed E-state index contributed by atoms with van der Waals surface area (Å²) in [6.45, 7) is 8.38. The zero-order valence-electron chi connectivity index (χ0n) is 18.8. The summed E-state index contributed by atoms with van der Waals surface area (Å²) < 4.78 is 49.2. The molecule has 0 saturated heterocycles. The molecule has 176 valence electrons. The molecule has 0 bridgehead atoms. The van der Waals surface area contributed by atoms with E-state index in [1.807, 2.05) is 0 Å². The van der Waals surface area contributed by atoms with Crippen LogP contribution in [0.1, 0.15) is 57.9 Å². The van der Waals surface area contributed by atoms with Gasteiger partial charge in [0, 0.05) is 19.7 Å². The van der Waals surface area contributed by atoms with Crippen molar-refractivity contribution in [2.75, 3.05) is 33.3 Å². The third-order valence-corrected chi connectivity index (χ3v) is 5.98. The van der Waals surface area contributed by atoms with Crippen LogP contribution in [0, 0.1) is 0 Å². The van der Waals surface area contributed by atoms with Gasteiger partial charge in [0.05, 0.1) is 11.7 Å². The van der Waals surface area contributed by atoms with Gasteiger partial charge in [-0.05, 0) is 82.4 Å². The molecule has 1 saturated carbocycles. The third kappa shape index (κ3) is 8.33. The Labute approximate surface area is 183 Å². The quantitative estimate of drug-likeness (QED) is 0.442. The van der Waals surface area contributed by atoms with Crippen molar-refractivity contribution in [1.82, 2.24) is 9.80 Å². The normalized spacial score (nSPS) is 19.5. The van der Waals surface area contributed by atoms with E-state index in [2.05, 4.69) is 18.7 Å². The number of halogens is 3. The Hall–Kier alpha value is -1.80. The van der Waals surface area contributed by atoms with E-state index in [1.165, 1.54) is 17.0 Å². The number of unbranched alkanes of at least 4 members (excludes halogenated alkanes) is 1. The fourth-order valence-corrected chi connectivity index (χ4v) is 3.86. The van der Waals surface area contributed by atoms with Crippen LogP contribution >= 0.6 is 0 Å². The molecule has 2 rings (SSSR count). The Balaban J connectivity index is 1.68. The van der Waals surface area contributed by atoms with Gasteiger partial charge in [0.2, 0.25) is 0 Å². The summed E-state index contributed by atoms with van der Waals surface area (Å²) in [6, 6.07) is 4.20. The lowest BCUT2D eigenvalue weighted by Gasteiger charge is -2.34. The molecule has 0 unspecified atom stereocenters. The summed E-state index contributed by atoms with van der Waals surface area (Å²) in [5.74, 6) is 0.103. The minimum atomic E-state index is -4.41. The smallest absolute Gasteiger partial charge is 0.410 e. The molecule has 0 heterocycles. The van der Waals surface area contributed by atoms with Crippen molar-refractivity contribution in [1.29, 1.82) is 0 Å². The Kier molecular flexibility index (Phi) is 10.1. The molecular weight excluding hydrogens is 409 g/mol. The predicted octanol–water partition coefficient (Wildman–Crippen LogP) is 5.59. The molecule has 0 radical (unpaired) electrons. The second kappa shape index (κ2) is 12.3. The van der Waals surface area contributed by atoms with Crippen LogP contribution in [0.15, 0.2) is 24.3 Å². The first-order valence-electron chi connectivity index (χ1n) is 11.2. The largest absolute Gasteiger partial charge is 0.416 e. The second-order valence-electron chi connectivity index (χ2n) is 8.04. The number of amides is 1. The lowest BCUT2D eigenvalue weighted by Crippen LogP contribution is -2.42. The molecular formula is C23H35F3N2O3. The average Bonchev–Trinajstić information content (AvgIpc) is 2.76. The Morgan fingerprint density at radius 3 is 2.19 bits per heavy atom. The van der Waals surface area contributed by atoms with Gasteiger partial charge in [-0.15, -0.1) is 0 Å². The summed E-state index contributed by atoms with van der Waals surface area (Å²) in [5, 5.41) is 0. The van der Waals surface area contributed by atoms with Gasteiger partial charge in [-0.2, -0.15) is 13.2 Å². The Morgan fingerprint density at radius 1 is 1.03 bits per heavy atom. The van der Waals surface area contributed by atoms with Gasteiger partial charge >= 0.3 is 12.3 Å². The molecule has 1 aromatic carbocycles. The van der Waals surface area contributed by atoms with E-state index < -0.39 is 17.8 Å². The number of alkyl halides is 3. The Morgan fingerprint density at radius 2 is 1.65 bits per heavy atom. The first kappa shape index (κ1) is 25.5. The fourth-order valence-electron chi connectivity index (χ4n) is 3.86. The lowest BCUT2D eigenvalue weighted by atomic mass is 9.92. The molecule has 0 atom stereocenters. The molecule has 31 heavy (non-hydrogen) atoms. The van der Waals surface area contributed by atoms with Crippen LogP contribution in [0.25, 0.3) is 0 Å². The maximum Gasteiger partial charge on any atom is 0.416 e. The van der Waals surface area contributed by atoms with Crippen LogP contribution in [-0.4, -0.2) is 61.3 Å². The van der Waals surface area contributed by atoms with Gasteiger partial charge in [0.1, 0.15) is 5.75 Å². The van der Waals surface area contributed by atoms with Crippen LogP contribution in [0.4, 0.5) is 18.0 Å². The maximum absolute atomic E-state index is 12.6. The van der Waals surface area contributed by atoms with Gasteiger partial charge in [-0.3, -0.25) is 0 Å². The van der Waals surface area contributed by atoms with Crippen LogP contribution < -0.4 is 4.74 Å². The molecule has 5 nitrogen and oxygen atoms in total. The number of hydrogen-bond acceptors (Lipinski definition) is 4. The second-order valence-corrected chi connectivity index (χ2v) is 8.04. The van der Waals surface area contributed by atoms with Crippen molar-refractivity contribution in [2.45, 2.75) is 70.7 Å². The highest BCUT2D eigenvalue weighted by atomic mass is 19.4. The standard InChI is InChI=1S/C23H35F3N2O3/c1-4-28(5-2)16-6-7-17-30-20-14-10-19(11-15-20)27(3)22(29)31-21-12-8-18(9-13-21)23(24,25)26/h8-9,12-13,19-20H,4-7,10-11,14-17H2,1-3H3/t19-,20-. The van der Waals surface area contributed by atoms with Crippen LogP contribution in [0.3, 0.4) is 0 Å². The topological polar surface area (TPSA) is 42.0 Å². The molecule has 1 aromatic rings. The highest BCUT2D eigenvalue weighted by molar-refractivity contribution is 5.70. The van der Waals surface area contributed by atoms with Crippen LogP contribution in [0.2, 0.25) is 0 Å². The molecule has 1 aliphatic rings. The highest BCUT2D eigenvalue weighted by Gasteiger charge is 2.31. The summed E-state index contributed by atoms with van der Waals surface area (Å²) in [5.41, 5.74) is -0.771. The molecule has 1 aliphatic carbocycles. The van der Waals surface area contributed by atoms with E-state index in [9.17, 15) is 18.0 Å². The number of ether oxygens (including phenoxy) is 2. The SMILES string of the molecule is CCN(CC)CCCCO[C@H]1CC[C@H](N(C)C(=O)Oc2ccc(C(F)(F)F)cc2)CC1. The van der Waals surface area contributed by atoms with Gasteiger partial charge in [-0.1, -0.05) is 13.8 Å². The number of carbonyl (C=O) groups excluding carboxylic acids is 1. The molecule has 0 spiro atoms. The summed E-state index contributed by atoms with van der Waals surface area (Å²) in [4.78, 5) is 16.3. The van der Waals surface area contributed by atoms with E-state index in [1.54, 1.807) is 7.05 Å². The molecule has 1 amide bonds. The van der Waals surface area contributed by atoms with E-state index in [-0.39, 0.29) is 17.9 Å². The van der Waals surface area contributed by atoms with Gasteiger partial charge in [0.25, 0.3) is 0 Å². The highest BCUT2D eigenvalue weighted by Crippen LogP contribution is 2.30. The minimum Gasteiger partial charge on any atom is -0.410 e. The zero-order chi connectivity index (χ0) is 22.9. The fraction of sp³-hybridized carbons (Fsp3) is 0.696. The number of benzene rings is 1. The van der Waals surface area contributed by atoms with E-state index >= 15 is 0 Å². The van der Waals surface area contributed by atoms with Crippen molar-refractivity contribution in [3.05, 3.63) is 29.8 Å². The third-order valence-electron chi connectivity index (χ3n) is 5.98. The number of carbonyl (C=O) groups is 1. The van der Waals surface area contributed by atoms with Gasteiger partial charge < -0.3 is 19.3 Å². The summed E-state index contributed by atoms with van der Waals surface area (Å²) >= 11 is 0. The molecule has 8 heteroatoms. The van der Waals surface area contributed by atoms with Crippen molar-refractivity contribution < 1.29 is 27.4 Å². The number of hydrogen-bond donors (Lipinski definition) is 0. The molecule has 0 N–H and O–H groups in total. The summed E-state index contributed by atoms with van der Waals surface area (Å²) in [6.07, 6.45) is 0.865. The van der Waals surface area contributed by atoms with E-state index in [0.29, 0.717) is 0 Å². The molecule has 0 aliphatic heterocycles. The Bertz CT molecular complexity index is 655. The van der Waals surface area contributed by atoms with E-state index in [0.717, 1.165) is 76.9 Å². The van der Waals surface area contributed by atoms with Gasteiger partial charge in [-0.25, -0.2) is 4.79 Å². The first-order chi connectivity index (χ1) is 14.7.